The van der Waals surface area contributed by atoms with Crippen LogP contribution in [0.3, 0.4) is 0 Å². The zero-order valence-electron chi connectivity index (χ0n) is 7.25. The topological polar surface area (TPSA) is 42.2 Å². The molecule has 0 aliphatic carbocycles. The van der Waals surface area contributed by atoms with Crippen molar-refractivity contribution in [2.45, 2.75) is 19.4 Å². The van der Waals surface area contributed by atoms with Crippen LogP contribution in [-0.2, 0) is 11.3 Å². The molecule has 0 spiro atoms. The molecule has 4 heteroatoms. The average molecular weight is 202 g/mol. The third-order valence-electron chi connectivity index (χ3n) is 1.61. The van der Waals surface area contributed by atoms with Crippen LogP contribution in [0.1, 0.15) is 18.4 Å². The highest BCUT2D eigenvalue weighted by Gasteiger charge is 2.00. The highest BCUT2D eigenvalue weighted by molar-refractivity contribution is 6.17. The van der Waals surface area contributed by atoms with Gasteiger partial charge in [0.25, 0.3) is 0 Å². The Labute approximate surface area is 82.1 Å². The van der Waals surface area contributed by atoms with Gasteiger partial charge in [-0.25, -0.2) is 0 Å². The molecule has 0 aromatic carbocycles. The molecule has 0 atom stereocenters. The van der Waals surface area contributed by atoms with Crippen LogP contribution in [0.4, 0.5) is 0 Å². The van der Waals surface area contributed by atoms with Gasteiger partial charge in [-0.1, -0.05) is 0 Å². The lowest BCUT2D eigenvalue weighted by Crippen LogP contribution is -2.22. The third kappa shape index (κ3) is 3.99. The quantitative estimate of drug-likeness (QED) is 0.740. The van der Waals surface area contributed by atoms with E-state index in [-0.39, 0.29) is 5.91 Å². The molecule has 1 aromatic heterocycles. The first-order valence-electron chi connectivity index (χ1n) is 4.16. The molecule has 1 rings (SSSR count). The Bertz CT molecular complexity index is 246. The lowest BCUT2D eigenvalue weighted by Gasteiger charge is -2.01. The van der Waals surface area contributed by atoms with Crippen molar-refractivity contribution >= 4 is 17.5 Å². The number of hydrogen-bond donors (Lipinski definition) is 1. The largest absolute Gasteiger partial charge is 0.472 e. The van der Waals surface area contributed by atoms with E-state index in [0.717, 1.165) is 12.0 Å². The van der Waals surface area contributed by atoms with Gasteiger partial charge in [0.05, 0.1) is 12.5 Å². The summed E-state index contributed by atoms with van der Waals surface area (Å²) in [5.41, 5.74) is 0.972. The molecule has 1 aromatic rings. The van der Waals surface area contributed by atoms with Crippen LogP contribution in [-0.4, -0.2) is 11.8 Å². The van der Waals surface area contributed by atoms with E-state index in [2.05, 4.69) is 5.32 Å². The molecule has 0 unspecified atom stereocenters. The first-order chi connectivity index (χ1) is 6.33. The van der Waals surface area contributed by atoms with E-state index < -0.39 is 0 Å². The molecule has 0 saturated carbocycles. The standard InChI is InChI=1S/C9H12ClNO2/c10-4-1-2-9(12)11-6-8-3-5-13-7-8/h3,5,7H,1-2,4,6H2,(H,11,12). The summed E-state index contributed by atoms with van der Waals surface area (Å²) in [6, 6.07) is 1.82. The van der Waals surface area contributed by atoms with Gasteiger partial charge in [-0.05, 0) is 12.5 Å². The second-order valence-corrected chi connectivity index (χ2v) is 3.08. The highest BCUT2D eigenvalue weighted by atomic mass is 35.5. The Hall–Kier alpha value is -0.960. The van der Waals surface area contributed by atoms with Gasteiger partial charge in [0.1, 0.15) is 0 Å². The number of furan rings is 1. The number of hydrogen-bond acceptors (Lipinski definition) is 2. The summed E-state index contributed by atoms with van der Waals surface area (Å²) in [7, 11) is 0. The molecule has 1 heterocycles. The van der Waals surface area contributed by atoms with Crippen molar-refractivity contribution in [2.24, 2.45) is 0 Å². The van der Waals surface area contributed by atoms with Gasteiger partial charge < -0.3 is 9.73 Å². The van der Waals surface area contributed by atoms with Crippen LogP contribution < -0.4 is 5.32 Å². The summed E-state index contributed by atoms with van der Waals surface area (Å²) >= 11 is 5.45. The minimum atomic E-state index is 0.0295. The van der Waals surface area contributed by atoms with E-state index in [1.54, 1.807) is 12.5 Å². The average Bonchev–Trinajstić information content (AvgIpc) is 2.64. The molecular formula is C9H12ClNO2. The molecule has 0 saturated heterocycles. The van der Waals surface area contributed by atoms with Crippen molar-refractivity contribution in [2.75, 3.05) is 5.88 Å². The monoisotopic (exact) mass is 201 g/mol. The zero-order valence-corrected chi connectivity index (χ0v) is 8.01. The number of rotatable bonds is 5. The van der Waals surface area contributed by atoms with Gasteiger partial charge in [-0.3, -0.25) is 4.79 Å². The minimum Gasteiger partial charge on any atom is -0.472 e. The van der Waals surface area contributed by atoms with E-state index in [1.807, 2.05) is 6.07 Å². The molecule has 0 aliphatic rings. The fourth-order valence-electron chi connectivity index (χ4n) is 0.910. The number of carbonyl (C=O) groups is 1. The van der Waals surface area contributed by atoms with E-state index >= 15 is 0 Å². The Morgan fingerprint density at radius 2 is 2.46 bits per heavy atom. The summed E-state index contributed by atoms with van der Waals surface area (Å²) < 4.78 is 4.86. The maximum absolute atomic E-state index is 11.1. The van der Waals surface area contributed by atoms with Crippen molar-refractivity contribution in [1.82, 2.24) is 5.32 Å². The predicted molar refractivity (Wildman–Crippen MR) is 50.5 cm³/mol. The van der Waals surface area contributed by atoms with Gasteiger partial charge >= 0.3 is 0 Å². The summed E-state index contributed by atoms with van der Waals surface area (Å²) in [6.07, 6.45) is 4.40. The third-order valence-corrected chi connectivity index (χ3v) is 1.87. The van der Waals surface area contributed by atoms with Crippen LogP contribution in [0.5, 0.6) is 0 Å². The van der Waals surface area contributed by atoms with Crippen molar-refractivity contribution in [3.05, 3.63) is 24.2 Å². The molecule has 72 valence electrons. The van der Waals surface area contributed by atoms with Gasteiger partial charge in [0, 0.05) is 24.4 Å². The van der Waals surface area contributed by atoms with Gasteiger partial charge in [-0.2, -0.15) is 0 Å². The second-order valence-electron chi connectivity index (χ2n) is 2.70. The lowest BCUT2D eigenvalue weighted by atomic mass is 10.3. The summed E-state index contributed by atoms with van der Waals surface area (Å²) in [5.74, 6) is 0.556. The first kappa shape index (κ1) is 10.1. The van der Waals surface area contributed by atoms with E-state index in [4.69, 9.17) is 16.0 Å². The number of halogens is 1. The number of nitrogens with one attached hydrogen (secondary N) is 1. The molecule has 0 radical (unpaired) electrons. The van der Waals surface area contributed by atoms with Crippen LogP contribution in [0.15, 0.2) is 23.0 Å². The van der Waals surface area contributed by atoms with Crippen LogP contribution >= 0.6 is 11.6 Å². The zero-order chi connectivity index (χ0) is 9.52. The fraction of sp³-hybridized carbons (Fsp3) is 0.444. The first-order valence-corrected chi connectivity index (χ1v) is 4.70. The molecule has 0 aliphatic heterocycles. The Balaban J connectivity index is 2.15. The van der Waals surface area contributed by atoms with Crippen LogP contribution in [0.2, 0.25) is 0 Å². The lowest BCUT2D eigenvalue weighted by molar-refractivity contribution is -0.121. The Morgan fingerprint density at radius 1 is 1.62 bits per heavy atom. The fourth-order valence-corrected chi connectivity index (χ4v) is 1.04. The minimum absolute atomic E-state index is 0.0295. The molecule has 1 amide bonds. The maximum atomic E-state index is 11.1. The normalized spacial score (nSPS) is 9.92. The second kappa shape index (κ2) is 5.65. The van der Waals surface area contributed by atoms with E-state index in [1.165, 1.54) is 0 Å². The van der Waals surface area contributed by atoms with Crippen molar-refractivity contribution < 1.29 is 9.21 Å². The maximum Gasteiger partial charge on any atom is 0.220 e. The SMILES string of the molecule is O=C(CCCCl)NCc1ccoc1. The number of amides is 1. The summed E-state index contributed by atoms with van der Waals surface area (Å²) in [5, 5.41) is 2.76. The van der Waals surface area contributed by atoms with Gasteiger partial charge in [0.2, 0.25) is 5.91 Å². The van der Waals surface area contributed by atoms with Crippen molar-refractivity contribution in [1.29, 1.82) is 0 Å². The summed E-state index contributed by atoms with van der Waals surface area (Å²) in [6.45, 7) is 0.525. The van der Waals surface area contributed by atoms with Crippen molar-refractivity contribution in [3.8, 4) is 0 Å². The van der Waals surface area contributed by atoms with Crippen LogP contribution in [0.25, 0.3) is 0 Å². The molecule has 3 nitrogen and oxygen atoms in total. The molecule has 0 fully saturated rings. The van der Waals surface area contributed by atoms with E-state index in [9.17, 15) is 4.79 Å². The number of alkyl halides is 1. The highest BCUT2D eigenvalue weighted by Crippen LogP contribution is 1.99. The summed E-state index contributed by atoms with van der Waals surface area (Å²) in [4.78, 5) is 11.1. The smallest absolute Gasteiger partial charge is 0.220 e. The Morgan fingerprint density at radius 3 is 3.08 bits per heavy atom. The van der Waals surface area contributed by atoms with Gasteiger partial charge in [0.15, 0.2) is 0 Å². The van der Waals surface area contributed by atoms with E-state index in [0.29, 0.717) is 18.8 Å². The van der Waals surface area contributed by atoms with Crippen LogP contribution in [0, 0.1) is 0 Å². The molecule has 0 bridgehead atoms. The predicted octanol–water partition coefficient (Wildman–Crippen LogP) is 1.91. The van der Waals surface area contributed by atoms with Gasteiger partial charge in [-0.15, -0.1) is 11.6 Å². The Kier molecular flexibility index (Phi) is 4.40. The molecule has 13 heavy (non-hydrogen) atoms. The molecule has 1 N–H and O–H groups in total. The number of carbonyl (C=O) groups excluding carboxylic acids is 1. The van der Waals surface area contributed by atoms with Crippen molar-refractivity contribution in [3.63, 3.8) is 0 Å². The molecular weight excluding hydrogens is 190 g/mol.